The van der Waals surface area contributed by atoms with Gasteiger partial charge in [0.25, 0.3) is 0 Å². The van der Waals surface area contributed by atoms with E-state index < -0.39 is 0 Å². The summed E-state index contributed by atoms with van der Waals surface area (Å²) in [5, 5.41) is 11.9. The number of nitrogens with one attached hydrogen (secondary N) is 1. The molecule has 6 nitrogen and oxygen atoms in total. The van der Waals surface area contributed by atoms with Gasteiger partial charge >= 0.3 is 6.03 Å². The first-order chi connectivity index (χ1) is 10.3. The minimum atomic E-state index is 0.105. The summed E-state index contributed by atoms with van der Waals surface area (Å²) in [5.74, 6) is 2.81. The molecule has 0 aromatic carbocycles. The summed E-state index contributed by atoms with van der Waals surface area (Å²) in [5.41, 5.74) is 0. The minimum Gasteiger partial charge on any atom is -0.335 e. The van der Waals surface area contributed by atoms with E-state index >= 15 is 0 Å². The molecule has 114 valence electrons. The second kappa shape index (κ2) is 5.31. The van der Waals surface area contributed by atoms with Gasteiger partial charge in [0.05, 0.1) is 0 Å². The molecule has 1 aromatic heterocycles. The fourth-order valence-corrected chi connectivity index (χ4v) is 3.53. The third-order valence-electron chi connectivity index (χ3n) is 4.97. The molecule has 2 heterocycles. The Labute approximate surface area is 124 Å². The maximum absolute atomic E-state index is 12.4. The van der Waals surface area contributed by atoms with Gasteiger partial charge in [0.2, 0.25) is 0 Å². The van der Waals surface area contributed by atoms with Gasteiger partial charge in [-0.15, -0.1) is 10.2 Å². The molecule has 0 spiro atoms. The summed E-state index contributed by atoms with van der Waals surface area (Å²) < 4.78 is 2.25. The summed E-state index contributed by atoms with van der Waals surface area (Å²) in [6, 6.07) is 0.495. The molecule has 3 aliphatic rings. The zero-order chi connectivity index (χ0) is 14.2. The SMILES string of the molecule is O=C(NC1CCCC1)N1CCc2nnc(C3CC3)n2CC1. The molecule has 2 saturated carbocycles. The van der Waals surface area contributed by atoms with E-state index in [-0.39, 0.29) is 6.03 Å². The number of carbonyl (C=O) groups excluding carboxylic acids is 1. The number of aromatic nitrogens is 3. The smallest absolute Gasteiger partial charge is 0.317 e. The highest BCUT2D eigenvalue weighted by Gasteiger charge is 2.32. The zero-order valence-corrected chi connectivity index (χ0v) is 12.4. The Hall–Kier alpha value is -1.59. The third kappa shape index (κ3) is 2.63. The molecule has 21 heavy (non-hydrogen) atoms. The molecule has 1 N–H and O–H groups in total. The Bertz CT molecular complexity index is 530. The normalized spacial score (nSPS) is 23.0. The number of amides is 2. The highest BCUT2D eigenvalue weighted by Crippen LogP contribution is 2.39. The van der Waals surface area contributed by atoms with E-state index in [4.69, 9.17) is 0 Å². The van der Waals surface area contributed by atoms with Crippen LogP contribution < -0.4 is 5.32 Å². The van der Waals surface area contributed by atoms with Gasteiger partial charge in [-0.2, -0.15) is 0 Å². The molecule has 2 amide bonds. The quantitative estimate of drug-likeness (QED) is 0.900. The van der Waals surface area contributed by atoms with E-state index in [2.05, 4.69) is 20.1 Å². The molecule has 2 fully saturated rings. The number of hydrogen-bond acceptors (Lipinski definition) is 3. The van der Waals surface area contributed by atoms with Crippen LogP contribution in [0.25, 0.3) is 0 Å². The number of fused-ring (bicyclic) bond motifs is 1. The van der Waals surface area contributed by atoms with Crippen LogP contribution in [0.4, 0.5) is 4.79 Å². The summed E-state index contributed by atoms with van der Waals surface area (Å²) in [6.45, 7) is 2.36. The monoisotopic (exact) mass is 289 g/mol. The number of hydrogen-bond donors (Lipinski definition) is 1. The molecule has 1 aliphatic heterocycles. The van der Waals surface area contributed by atoms with Crippen molar-refractivity contribution in [2.24, 2.45) is 0 Å². The molecule has 0 saturated heterocycles. The average Bonchev–Trinajstić information content (AvgIpc) is 3.13. The van der Waals surface area contributed by atoms with Crippen molar-refractivity contribution >= 4 is 6.03 Å². The number of urea groups is 1. The van der Waals surface area contributed by atoms with Crippen LogP contribution in [0.2, 0.25) is 0 Å². The first-order valence-electron chi connectivity index (χ1n) is 8.28. The summed E-state index contributed by atoms with van der Waals surface area (Å²) in [7, 11) is 0. The van der Waals surface area contributed by atoms with Gasteiger partial charge in [-0.05, 0) is 25.7 Å². The first kappa shape index (κ1) is 13.1. The summed E-state index contributed by atoms with van der Waals surface area (Å²) >= 11 is 0. The molecule has 2 aliphatic carbocycles. The van der Waals surface area contributed by atoms with Crippen LogP contribution in [-0.2, 0) is 13.0 Å². The predicted octanol–water partition coefficient (Wildman–Crippen LogP) is 1.67. The second-order valence-corrected chi connectivity index (χ2v) is 6.57. The number of nitrogens with zero attached hydrogens (tertiary/aromatic N) is 4. The van der Waals surface area contributed by atoms with Crippen LogP contribution in [0.3, 0.4) is 0 Å². The van der Waals surface area contributed by atoms with Gasteiger partial charge in [0, 0.05) is 38.0 Å². The van der Waals surface area contributed by atoms with Crippen molar-refractivity contribution in [2.45, 2.75) is 63.5 Å². The molecule has 0 unspecified atom stereocenters. The Morgan fingerprint density at radius 1 is 1.05 bits per heavy atom. The molecular formula is C15H23N5O. The Morgan fingerprint density at radius 3 is 2.62 bits per heavy atom. The highest BCUT2D eigenvalue weighted by molar-refractivity contribution is 5.74. The van der Waals surface area contributed by atoms with E-state index in [1.807, 2.05) is 4.90 Å². The lowest BCUT2D eigenvalue weighted by Crippen LogP contribution is -2.45. The molecule has 0 radical (unpaired) electrons. The lowest BCUT2D eigenvalue weighted by atomic mass is 10.2. The van der Waals surface area contributed by atoms with E-state index in [0.29, 0.717) is 12.0 Å². The molecule has 6 heteroatoms. The van der Waals surface area contributed by atoms with E-state index in [1.165, 1.54) is 25.7 Å². The van der Waals surface area contributed by atoms with Crippen molar-refractivity contribution in [3.63, 3.8) is 0 Å². The van der Waals surface area contributed by atoms with Crippen LogP contribution in [0.15, 0.2) is 0 Å². The molecule has 4 rings (SSSR count). The van der Waals surface area contributed by atoms with Gasteiger partial charge < -0.3 is 14.8 Å². The van der Waals surface area contributed by atoms with Crippen LogP contribution in [0.1, 0.15) is 56.1 Å². The topological polar surface area (TPSA) is 63.1 Å². The Morgan fingerprint density at radius 2 is 1.86 bits per heavy atom. The minimum absolute atomic E-state index is 0.105. The van der Waals surface area contributed by atoms with Crippen molar-refractivity contribution in [1.29, 1.82) is 0 Å². The van der Waals surface area contributed by atoms with Gasteiger partial charge in [0.1, 0.15) is 11.6 Å². The number of carbonyl (C=O) groups is 1. The lowest BCUT2D eigenvalue weighted by molar-refractivity contribution is 0.194. The second-order valence-electron chi connectivity index (χ2n) is 6.57. The lowest BCUT2D eigenvalue weighted by Gasteiger charge is -2.23. The predicted molar refractivity (Wildman–Crippen MR) is 78.1 cm³/mol. The van der Waals surface area contributed by atoms with E-state index in [1.54, 1.807) is 0 Å². The highest BCUT2D eigenvalue weighted by atomic mass is 16.2. The maximum atomic E-state index is 12.4. The van der Waals surface area contributed by atoms with Crippen molar-refractivity contribution in [3.8, 4) is 0 Å². The summed E-state index contributed by atoms with van der Waals surface area (Å²) in [4.78, 5) is 14.3. The maximum Gasteiger partial charge on any atom is 0.317 e. The fourth-order valence-electron chi connectivity index (χ4n) is 3.53. The van der Waals surface area contributed by atoms with Crippen LogP contribution in [0.5, 0.6) is 0 Å². The van der Waals surface area contributed by atoms with Crippen molar-refractivity contribution in [3.05, 3.63) is 11.6 Å². The standard InChI is InChI=1S/C15H23N5O/c21-15(16-12-3-1-2-4-12)19-8-7-13-17-18-14(11-5-6-11)20(13)10-9-19/h11-12H,1-10H2,(H,16,21). The molecule has 0 bridgehead atoms. The molecule has 0 atom stereocenters. The van der Waals surface area contributed by atoms with Crippen LogP contribution in [0, 0.1) is 0 Å². The van der Waals surface area contributed by atoms with Gasteiger partial charge in [-0.3, -0.25) is 0 Å². The van der Waals surface area contributed by atoms with Crippen LogP contribution >= 0.6 is 0 Å². The molecular weight excluding hydrogens is 266 g/mol. The van der Waals surface area contributed by atoms with Crippen molar-refractivity contribution < 1.29 is 4.79 Å². The van der Waals surface area contributed by atoms with Gasteiger partial charge in [0.15, 0.2) is 0 Å². The number of rotatable bonds is 2. The first-order valence-corrected chi connectivity index (χ1v) is 8.28. The molecule has 1 aromatic rings. The zero-order valence-electron chi connectivity index (χ0n) is 12.4. The Kier molecular flexibility index (Phi) is 3.31. The van der Waals surface area contributed by atoms with Crippen LogP contribution in [-0.4, -0.2) is 44.8 Å². The third-order valence-corrected chi connectivity index (χ3v) is 4.97. The fraction of sp³-hybridized carbons (Fsp3) is 0.800. The van der Waals surface area contributed by atoms with Gasteiger partial charge in [-0.1, -0.05) is 12.8 Å². The summed E-state index contributed by atoms with van der Waals surface area (Å²) in [6.07, 6.45) is 8.06. The van der Waals surface area contributed by atoms with Crippen molar-refractivity contribution in [2.75, 3.05) is 13.1 Å². The Balaban J connectivity index is 1.40. The van der Waals surface area contributed by atoms with E-state index in [0.717, 1.165) is 50.5 Å². The van der Waals surface area contributed by atoms with Crippen molar-refractivity contribution in [1.82, 2.24) is 25.0 Å². The van der Waals surface area contributed by atoms with Gasteiger partial charge in [-0.25, -0.2) is 4.79 Å². The van der Waals surface area contributed by atoms with E-state index in [9.17, 15) is 4.79 Å². The largest absolute Gasteiger partial charge is 0.335 e. The average molecular weight is 289 g/mol.